The van der Waals surface area contributed by atoms with Crippen molar-refractivity contribution < 1.29 is 4.74 Å². The van der Waals surface area contributed by atoms with E-state index in [-0.39, 0.29) is 0 Å². The fourth-order valence-corrected chi connectivity index (χ4v) is 4.06. The van der Waals surface area contributed by atoms with Crippen LogP contribution in [0.4, 0.5) is 0 Å². The number of rotatable bonds is 4. The van der Waals surface area contributed by atoms with Crippen molar-refractivity contribution in [1.82, 2.24) is 4.90 Å². The van der Waals surface area contributed by atoms with Gasteiger partial charge in [-0.25, -0.2) is 0 Å². The molecule has 0 radical (unpaired) electrons. The summed E-state index contributed by atoms with van der Waals surface area (Å²) in [5.41, 5.74) is 2.06. The number of likely N-dealkylation sites (tertiary alicyclic amines) is 1. The lowest BCUT2D eigenvalue weighted by Gasteiger charge is -2.44. The molecule has 0 aromatic heterocycles. The predicted octanol–water partition coefficient (Wildman–Crippen LogP) is 4.24. The van der Waals surface area contributed by atoms with Gasteiger partial charge in [0.1, 0.15) is 12.4 Å². The number of ether oxygens (including phenoxy) is 1. The molecule has 1 aromatic rings. The van der Waals surface area contributed by atoms with Crippen LogP contribution in [0.5, 0.6) is 5.75 Å². The zero-order valence-corrected chi connectivity index (χ0v) is 13.5. The number of terminal acetylenes is 1. The Labute approximate surface area is 134 Å². The Balaban J connectivity index is 1.49. The second-order valence-electron chi connectivity index (χ2n) is 6.97. The number of piperidine rings is 1. The van der Waals surface area contributed by atoms with Gasteiger partial charge in [0.25, 0.3) is 0 Å². The van der Waals surface area contributed by atoms with Crippen molar-refractivity contribution in [3.8, 4) is 18.1 Å². The van der Waals surface area contributed by atoms with E-state index in [1.807, 2.05) is 12.1 Å². The summed E-state index contributed by atoms with van der Waals surface area (Å²) in [4.78, 5) is 2.61. The summed E-state index contributed by atoms with van der Waals surface area (Å²) in [5.74, 6) is 3.36. The summed E-state index contributed by atoms with van der Waals surface area (Å²) in [6.45, 7) is 3.92. The molecule has 1 saturated heterocycles. The first-order valence-electron chi connectivity index (χ1n) is 8.67. The van der Waals surface area contributed by atoms with Gasteiger partial charge in [-0.2, -0.15) is 0 Å². The fourth-order valence-electron chi connectivity index (χ4n) is 4.06. The Bertz CT molecular complexity index is 498. The fraction of sp³-hybridized carbons (Fsp3) is 0.600. The maximum Gasteiger partial charge on any atom is 0.148 e. The van der Waals surface area contributed by atoms with Crippen LogP contribution < -0.4 is 4.74 Å². The van der Waals surface area contributed by atoms with E-state index >= 15 is 0 Å². The Morgan fingerprint density at radius 1 is 1.00 bits per heavy atom. The zero-order chi connectivity index (χ0) is 15.3. The first-order chi connectivity index (χ1) is 10.8. The Kier molecular flexibility index (Phi) is 5.05. The average molecular weight is 297 g/mol. The number of hydrogen-bond acceptors (Lipinski definition) is 2. The van der Waals surface area contributed by atoms with E-state index < -0.39 is 0 Å². The molecule has 0 bridgehead atoms. The highest BCUT2D eigenvalue weighted by Crippen LogP contribution is 2.44. The molecule has 2 heteroatoms. The molecule has 0 N–H and O–H groups in total. The highest BCUT2D eigenvalue weighted by molar-refractivity contribution is 5.27. The third-order valence-corrected chi connectivity index (χ3v) is 5.48. The largest absolute Gasteiger partial charge is 0.481 e. The van der Waals surface area contributed by atoms with Crippen LogP contribution in [0.3, 0.4) is 0 Å². The van der Waals surface area contributed by atoms with Gasteiger partial charge in [0, 0.05) is 6.54 Å². The maximum atomic E-state index is 5.43. The molecule has 3 rings (SSSR count). The van der Waals surface area contributed by atoms with Gasteiger partial charge in [-0.05, 0) is 61.9 Å². The molecule has 0 amide bonds. The third kappa shape index (κ3) is 3.84. The molecule has 1 aliphatic heterocycles. The number of hydrogen-bond donors (Lipinski definition) is 0. The van der Waals surface area contributed by atoms with Gasteiger partial charge in [-0.1, -0.05) is 37.3 Å². The quantitative estimate of drug-likeness (QED) is 0.771. The molecule has 1 aliphatic carbocycles. The molecular weight excluding hydrogens is 270 g/mol. The smallest absolute Gasteiger partial charge is 0.148 e. The van der Waals surface area contributed by atoms with E-state index in [1.165, 1.54) is 63.6 Å². The van der Waals surface area contributed by atoms with E-state index in [9.17, 15) is 0 Å². The molecule has 1 saturated carbocycles. The van der Waals surface area contributed by atoms with Gasteiger partial charge in [-0.3, -0.25) is 4.90 Å². The monoisotopic (exact) mass is 297 g/mol. The van der Waals surface area contributed by atoms with Gasteiger partial charge >= 0.3 is 0 Å². The molecule has 2 nitrogen and oxygen atoms in total. The molecule has 118 valence electrons. The normalized spacial score (nSPS) is 21.4. The van der Waals surface area contributed by atoms with Gasteiger partial charge in [0.05, 0.1) is 0 Å². The highest BCUT2D eigenvalue weighted by Gasteiger charge is 2.35. The second kappa shape index (κ2) is 7.20. The van der Waals surface area contributed by atoms with Crippen LogP contribution in [-0.2, 0) is 6.54 Å². The van der Waals surface area contributed by atoms with Crippen LogP contribution in [0.2, 0.25) is 0 Å². The molecule has 22 heavy (non-hydrogen) atoms. The number of benzene rings is 1. The SMILES string of the molecule is C#CCOc1ccc(CN2CCC3(CCCCC3)CC2)cc1. The van der Waals surface area contributed by atoms with Crippen LogP contribution in [0.25, 0.3) is 0 Å². The van der Waals surface area contributed by atoms with Crippen molar-refractivity contribution in [2.75, 3.05) is 19.7 Å². The molecule has 1 heterocycles. The maximum absolute atomic E-state index is 5.43. The van der Waals surface area contributed by atoms with Crippen molar-refractivity contribution in [3.05, 3.63) is 29.8 Å². The topological polar surface area (TPSA) is 12.5 Å². The van der Waals surface area contributed by atoms with Crippen LogP contribution in [0.1, 0.15) is 50.5 Å². The summed E-state index contributed by atoms with van der Waals surface area (Å²) in [6, 6.07) is 8.38. The van der Waals surface area contributed by atoms with Gasteiger partial charge < -0.3 is 4.74 Å². The van der Waals surface area contributed by atoms with Crippen LogP contribution >= 0.6 is 0 Å². The lowest BCUT2D eigenvalue weighted by molar-refractivity contribution is 0.0641. The highest BCUT2D eigenvalue weighted by atomic mass is 16.5. The summed E-state index contributed by atoms with van der Waals surface area (Å²) in [6.07, 6.45) is 15.3. The molecule has 2 fully saturated rings. The minimum Gasteiger partial charge on any atom is -0.481 e. The predicted molar refractivity (Wildman–Crippen MR) is 90.8 cm³/mol. The van der Waals surface area contributed by atoms with E-state index in [1.54, 1.807) is 0 Å². The van der Waals surface area contributed by atoms with Gasteiger partial charge in [0.2, 0.25) is 0 Å². The lowest BCUT2D eigenvalue weighted by Crippen LogP contribution is -2.40. The molecule has 2 aliphatic rings. The van der Waals surface area contributed by atoms with Crippen LogP contribution in [0, 0.1) is 17.8 Å². The van der Waals surface area contributed by atoms with Crippen molar-refractivity contribution in [2.24, 2.45) is 5.41 Å². The van der Waals surface area contributed by atoms with Crippen LogP contribution in [0.15, 0.2) is 24.3 Å². The average Bonchev–Trinajstić information content (AvgIpc) is 2.57. The Hall–Kier alpha value is -1.46. The van der Waals surface area contributed by atoms with E-state index in [4.69, 9.17) is 11.2 Å². The summed E-state index contributed by atoms with van der Waals surface area (Å²) < 4.78 is 5.43. The lowest BCUT2D eigenvalue weighted by atomic mass is 9.68. The number of nitrogens with zero attached hydrogens (tertiary/aromatic N) is 1. The van der Waals surface area contributed by atoms with Crippen molar-refractivity contribution in [2.45, 2.75) is 51.5 Å². The van der Waals surface area contributed by atoms with Crippen LogP contribution in [-0.4, -0.2) is 24.6 Å². The molecule has 0 unspecified atom stereocenters. The van der Waals surface area contributed by atoms with E-state index in [2.05, 4.69) is 23.0 Å². The Morgan fingerprint density at radius 2 is 1.68 bits per heavy atom. The zero-order valence-electron chi connectivity index (χ0n) is 13.5. The summed E-state index contributed by atoms with van der Waals surface area (Å²) in [7, 11) is 0. The van der Waals surface area contributed by atoms with E-state index in [0.29, 0.717) is 12.0 Å². The van der Waals surface area contributed by atoms with Gasteiger partial charge in [-0.15, -0.1) is 6.42 Å². The first-order valence-corrected chi connectivity index (χ1v) is 8.67. The third-order valence-electron chi connectivity index (χ3n) is 5.48. The van der Waals surface area contributed by atoms with Crippen molar-refractivity contribution in [1.29, 1.82) is 0 Å². The summed E-state index contributed by atoms with van der Waals surface area (Å²) >= 11 is 0. The van der Waals surface area contributed by atoms with Crippen molar-refractivity contribution >= 4 is 0 Å². The molecular formula is C20H27NO. The minimum absolute atomic E-state index is 0.341. The second-order valence-corrected chi connectivity index (χ2v) is 6.97. The standard InChI is InChI=1S/C20H27NO/c1-2-16-22-19-8-6-18(7-9-19)17-21-14-12-20(13-15-21)10-4-3-5-11-20/h1,6-9H,3-5,10-17H2. The summed E-state index contributed by atoms with van der Waals surface area (Å²) in [5, 5.41) is 0. The minimum atomic E-state index is 0.341. The molecule has 1 spiro atoms. The molecule has 1 aromatic carbocycles. The van der Waals surface area contributed by atoms with Crippen molar-refractivity contribution in [3.63, 3.8) is 0 Å². The molecule has 0 atom stereocenters. The first kappa shape index (κ1) is 15.4. The van der Waals surface area contributed by atoms with Gasteiger partial charge in [0.15, 0.2) is 0 Å². The van der Waals surface area contributed by atoms with E-state index in [0.717, 1.165) is 12.3 Å². The Morgan fingerprint density at radius 3 is 2.32 bits per heavy atom.